The summed E-state index contributed by atoms with van der Waals surface area (Å²) in [6.07, 6.45) is 3.53. The quantitative estimate of drug-likeness (QED) is 0.745. The number of aliphatic hydroxyl groups excluding tert-OH is 1. The van der Waals surface area contributed by atoms with Gasteiger partial charge >= 0.3 is 0 Å². The Morgan fingerprint density at radius 1 is 1.41 bits per heavy atom. The molecule has 2 N–H and O–H groups in total. The topological polar surface area (TPSA) is 44.7 Å². The van der Waals surface area contributed by atoms with E-state index < -0.39 is 0 Å². The van der Waals surface area contributed by atoms with Gasteiger partial charge in [0.2, 0.25) is 0 Å². The molecule has 2 aliphatic heterocycles. The van der Waals surface area contributed by atoms with Crippen LogP contribution in [0.5, 0.6) is 0 Å². The van der Waals surface area contributed by atoms with Gasteiger partial charge in [-0.05, 0) is 38.8 Å². The summed E-state index contributed by atoms with van der Waals surface area (Å²) in [7, 11) is 2.05. The van der Waals surface area contributed by atoms with E-state index >= 15 is 0 Å². The molecule has 0 saturated carbocycles. The van der Waals surface area contributed by atoms with Crippen molar-refractivity contribution in [1.29, 1.82) is 0 Å². The van der Waals surface area contributed by atoms with Crippen LogP contribution in [0.2, 0.25) is 0 Å². The molecular formula is C13H26N2O2. The largest absolute Gasteiger partial charge is 0.396 e. The Morgan fingerprint density at radius 2 is 2.29 bits per heavy atom. The zero-order valence-corrected chi connectivity index (χ0v) is 10.9. The molecule has 0 amide bonds. The second-order valence-corrected chi connectivity index (χ2v) is 5.47. The standard InChI is InChI=1S/C13H26N2O2/c1-14-13-4-6-17-10-12(13)8-15-5-2-3-11(7-15)9-16/h11-14,16H,2-10H2,1H3. The van der Waals surface area contributed by atoms with Crippen LogP contribution in [0.25, 0.3) is 0 Å². The van der Waals surface area contributed by atoms with Gasteiger partial charge in [-0.25, -0.2) is 0 Å². The predicted molar refractivity (Wildman–Crippen MR) is 68.0 cm³/mol. The molecule has 4 heteroatoms. The monoisotopic (exact) mass is 242 g/mol. The zero-order chi connectivity index (χ0) is 12.1. The fourth-order valence-corrected chi connectivity index (χ4v) is 3.15. The third kappa shape index (κ3) is 3.65. The molecule has 3 atom stereocenters. The van der Waals surface area contributed by atoms with Crippen molar-refractivity contribution in [3.05, 3.63) is 0 Å². The van der Waals surface area contributed by atoms with Crippen LogP contribution in [0.4, 0.5) is 0 Å². The molecule has 0 spiro atoms. The average Bonchev–Trinajstić information content (AvgIpc) is 2.39. The number of nitrogens with one attached hydrogen (secondary N) is 1. The molecule has 3 unspecified atom stereocenters. The van der Waals surface area contributed by atoms with E-state index in [1.54, 1.807) is 0 Å². The van der Waals surface area contributed by atoms with Gasteiger partial charge in [-0.1, -0.05) is 0 Å². The Kier molecular flexibility index (Phi) is 5.22. The van der Waals surface area contributed by atoms with Crippen LogP contribution in [-0.4, -0.2) is 62.6 Å². The molecule has 0 aromatic carbocycles. The molecule has 0 radical (unpaired) electrons. The minimum absolute atomic E-state index is 0.340. The summed E-state index contributed by atoms with van der Waals surface area (Å²) in [6.45, 7) is 5.47. The van der Waals surface area contributed by atoms with E-state index in [-0.39, 0.29) is 0 Å². The molecule has 0 aromatic heterocycles. The first-order chi connectivity index (χ1) is 8.33. The highest BCUT2D eigenvalue weighted by molar-refractivity contribution is 4.83. The number of ether oxygens (including phenoxy) is 1. The van der Waals surface area contributed by atoms with Gasteiger partial charge in [0.1, 0.15) is 0 Å². The first kappa shape index (κ1) is 13.3. The van der Waals surface area contributed by atoms with Gasteiger partial charge in [0.25, 0.3) is 0 Å². The normalized spacial score (nSPS) is 36.0. The smallest absolute Gasteiger partial charge is 0.0521 e. The fraction of sp³-hybridized carbons (Fsp3) is 1.00. The second-order valence-electron chi connectivity index (χ2n) is 5.47. The Hall–Kier alpha value is -0.160. The molecule has 2 aliphatic rings. The van der Waals surface area contributed by atoms with Crippen molar-refractivity contribution >= 4 is 0 Å². The Balaban J connectivity index is 1.81. The van der Waals surface area contributed by atoms with Crippen molar-refractivity contribution < 1.29 is 9.84 Å². The van der Waals surface area contributed by atoms with Gasteiger partial charge in [0.15, 0.2) is 0 Å². The predicted octanol–water partition coefficient (Wildman–Crippen LogP) is 0.315. The van der Waals surface area contributed by atoms with Crippen LogP contribution in [-0.2, 0) is 4.74 Å². The summed E-state index contributed by atoms with van der Waals surface area (Å²) < 4.78 is 5.59. The van der Waals surface area contributed by atoms with Crippen molar-refractivity contribution in [2.75, 3.05) is 46.5 Å². The summed E-state index contributed by atoms with van der Waals surface area (Å²) in [5, 5.41) is 12.7. The van der Waals surface area contributed by atoms with Crippen molar-refractivity contribution in [1.82, 2.24) is 10.2 Å². The Bertz CT molecular complexity index is 225. The SMILES string of the molecule is CNC1CCOCC1CN1CCCC(CO)C1. The molecular weight excluding hydrogens is 216 g/mol. The van der Waals surface area contributed by atoms with Crippen LogP contribution in [0.1, 0.15) is 19.3 Å². The molecule has 2 heterocycles. The van der Waals surface area contributed by atoms with Crippen molar-refractivity contribution in [3.8, 4) is 0 Å². The van der Waals surface area contributed by atoms with Gasteiger partial charge in [0.05, 0.1) is 6.61 Å². The number of nitrogens with zero attached hydrogens (tertiary/aromatic N) is 1. The summed E-state index contributed by atoms with van der Waals surface area (Å²) in [4.78, 5) is 2.51. The van der Waals surface area contributed by atoms with Crippen LogP contribution in [0.3, 0.4) is 0 Å². The highest BCUT2D eigenvalue weighted by atomic mass is 16.5. The van der Waals surface area contributed by atoms with Gasteiger partial charge in [0, 0.05) is 38.3 Å². The van der Waals surface area contributed by atoms with E-state index in [1.165, 1.54) is 19.4 Å². The van der Waals surface area contributed by atoms with E-state index in [0.717, 1.165) is 32.7 Å². The Morgan fingerprint density at radius 3 is 3.06 bits per heavy atom. The third-order valence-corrected chi connectivity index (χ3v) is 4.20. The Labute approximate surface area is 104 Å². The summed E-state index contributed by atoms with van der Waals surface area (Å²) >= 11 is 0. The van der Waals surface area contributed by atoms with Gasteiger partial charge in [-0.3, -0.25) is 0 Å². The van der Waals surface area contributed by atoms with E-state index in [4.69, 9.17) is 4.74 Å². The van der Waals surface area contributed by atoms with Crippen molar-refractivity contribution in [3.63, 3.8) is 0 Å². The molecule has 17 heavy (non-hydrogen) atoms. The number of hydrogen-bond acceptors (Lipinski definition) is 4. The number of likely N-dealkylation sites (tertiary alicyclic amines) is 1. The lowest BCUT2D eigenvalue weighted by atomic mass is 9.93. The fourth-order valence-electron chi connectivity index (χ4n) is 3.15. The molecule has 0 aliphatic carbocycles. The summed E-state index contributed by atoms with van der Waals surface area (Å²) in [6, 6.07) is 0.596. The lowest BCUT2D eigenvalue weighted by Gasteiger charge is -2.38. The molecule has 0 aromatic rings. The maximum Gasteiger partial charge on any atom is 0.0521 e. The minimum atomic E-state index is 0.340. The van der Waals surface area contributed by atoms with Gasteiger partial charge < -0.3 is 20.1 Å². The number of aliphatic hydroxyl groups is 1. The summed E-state index contributed by atoms with van der Waals surface area (Å²) in [5.41, 5.74) is 0. The maximum absolute atomic E-state index is 9.25. The number of rotatable bonds is 4. The van der Waals surface area contributed by atoms with Crippen molar-refractivity contribution in [2.24, 2.45) is 11.8 Å². The van der Waals surface area contributed by atoms with E-state index in [2.05, 4.69) is 17.3 Å². The van der Waals surface area contributed by atoms with Gasteiger partial charge in [-0.2, -0.15) is 0 Å². The maximum atomic E-state index is 9.25. The molecule has 100 valence electrons. The van der Waals surface area contributed by atoms with Crippen molar-refractivity contribution in [2.45, 2.75) is 25.3 Å². The molecule has 2 rings (SSSR count). The lowest BCUT2D eigenvalue weighted by molar-refractivity contribution is 0.00930. The average molecular weight is 242 g/mol. The zero-order valence-electron chi connectivity index (χ0n) is 10.9. The first-order valence-corrected chi connectivity index (χ1v) is 6.91. The van der Waals surface area contributed by atoms with E-state index in [0.29, 0.717) is 24.5 Å². The third-order valence-electron chi connectivity index (χ3n) is 4.20. The first-order valence-electron chi connectivity index (χ1n) is 6.91. The van der Waals surface area contributed by atoms with Crippen LogP contribution >= 0.6 is 0 Å². The molecule has 2 fully saturated rings. The van der Waals surface area contributed by atoms with E-state index in [9.17, 15) is 5.11 Å². The molecule has 4 nitrogen and oxygen atoms in total. The minimum Gasteiger partial charge on any atom is -0.396 e. The molecule has 0 bridgehead atoms. The highest BCUT2D eigenvalue weighted by Gasteiger charge is 2.28. The number of hydrogen-bond donors (Lipinski definition) is 2. The molecule has 2 saturated heterocycles. The highest BCUT2D eigenvalue weighted by Crippen LogP contribution is 2.20. The second kappa shape index (κ2) is 6.69. The van der Waals surface area contributed by atoms with Gasteiger partial charge in [-0.15, -0.1) is 0 Å². The van der Waals surface area contributed by atoms with Crippen LogP contribution in [0.15, 0.2) is 0 Å². The van der Waals surface area contributed by atoms with E-state index in [1.807, 2.05) is 0 Å². The lowest BCUT2D eigenvalue weighted by Crippen LogP contribution is -2.48. The van der Waals surface area contributed by atoms with Crippen LogP contribution < -0.4 is 5.32 Å². The number of piperidine rings is 1. The summed E-state index contributed by atoms with van der Waals surface area (Å²) in [5.74, 6) is 1.09. The van der Waals surface area contributed by atoms with Crippen LogP contribution in [0, 0.1) is 11.8 Å².